The van der Waals surface area contributed by atoms with Crippen molar-refractivity contribution in [1.29, 1.82) is 0 Å². The molecule has 0 saturated carbocycles. The molecule has 228 valence electrons. The number of aliphatic hydroxyl groups excluding tert-OH is 1. The van der Waals surface area contributed by atoms with Crippen molar-refractivity contribution < 1.29 is 24.2 Å². The molecule has 3 saturated heterocycles. The predicted octanol–water partition coefficient (Wildman–Crippen LogP) is 5.31. The second-order valence-corrected chi connectivity index (χ2v) is 13.6. The summed E-state index contributed by atoms with van der Waals surface area (Å²) in [5.41, 5.74) is 1.46. The zero-order valence-electron chi connectivity index (χ0n) is 24.4. The van der Waals surface area contributed by atoms with Gasteiger partial charge in [-0.1, -0.05) is 73.1 Å². The molecule has 2 aromatic rings. The normalized spacial score (nSPS) is 27.9. The summed E-state index contributed by atoms with van der Waals surface area (Å²) in [6.45, 7) is 9.77. The van der Waals surface area contributed by atoms with Crippen molar-refractivity contribution in [2.24, 2.45) is 17.8 Å². The monoisotopic (exact) mass is 622 g/mol. The molecule has 3 unspecified atom stereocenters. The van der Waals surface area contributed by atoms with Crippen LogP contribution < -0.4 is 4.90 Å². The van der Waals surface area contributed by atoms with Gasteiger partial charge in [0.05, 0.1) is 46.5 Å². The number of carbonyl (C=O) groups is 3. The number of para-hydroxylation sites is 1. The molecule has 0 aliphatic carbocycles. The van der Waals surface area contributed by atoms with Crippen molar-refractivity contribution in [2.45, 2.75) is 54.7 Å². The number of fused-ring (bicyclic) bond motifs is 1. The van der Waals surface area contributed by atoms with Crippen LogP contribution in [0.1, 0.15) is 31.7 Å². The summed E-state index contributed by atoms with van der Waals surface area (Å²) in [4.78, 5) is 46.3. The van der Waals surface area contributed by atoms with Crippen LogP contribution in [-0.2, 0) is 25.5 Å². The zero-order chi connectivity index (χ0) is 30.7. The van der Waals surface area contributed by atoms with Crippen LogP contribution in [0, 0.1) is 17.8 Å². The number of benzene rings is 2. The highest BCUT2D eigenvalue weighted by Crippen LogP contribution is 2.69. The van der Waals surface area contributed by atoms with Gasteiger partial charge in [0.2, 0.25) is 5.91 Å². The number of amides is 2. The van der Waals surface area contributed by atoms with Crippen LogP contribution in [0.15, 0.2) is 79.9 Å². The van der Waals surface area contributed by atoms with Crippen LogP contribution in [0.2, 0.25) is 5.02 Å². The Balaban J connectivity index is 1.59. The number of rotatable bonds is 13. The zero-order valence-corrected chi connectivity index (χ0v) is 26.0. The lowest BCUT2D eigenvalue weighted by Gasteiger charge is -2.42. The first-order chi connectivity index (χ1) is 20.8. The number of thioether (sulfide) groups is 1. The van der Waals surface area contributed by atoms with Gasteiger partial charge in [-0.15, -0.1) is 24.9 Å². The third-order valence-corrected chi connectivity index (χ3v) is 11.5. The van der Waals surface area contributed by atoms with E-state index in [2.05, 4.69) is 20.1 Å². The molecular formula is C34H39ClN2O5S. The number of ether oxygens (including phenoxy) is 1. The molecule has 3 aliphatic heterocycles. The third-order valence-electron chi connectivity index (χ3n) is 9.13. The van der Waals surface area contributed by atoms with E-state index in [1.54, 1.807) is 51.9 Å². The maximum atomic E-state index is 14.9. The first-order valence-corrected chi connectivity index (χ1v) is 16.1. The van der Waals surface area contributed by atoms with Gasteiger partial charge >= 0.3 is 5.97 Å². The highest BCUT2D eigenvalue weighted by molar-refractivity contribution is 8.02. The number of hydrogen-bond donors (Lipinski definition) is 1. The molecule has 9 heteroatoms. The van der Waals surface area contributed by atoms with Crippen molar-refractivity contribution in [3.63, 3.8) is 0 Å². The fraction of sp³-hybridized carbons (Fsp3) is 0.441. The molecule has 7 atom stereocenters. The molecule has 1 spiro atoms. The summed E-state index contributed by atoms with van der Waals surface area (Å²) in [5.74, 6) is -2.40. The average Bonchev–Trinajstić information content (AvgIpc) is 3.61. The molecule has 3 heterocycles. The standard InChI is InChI=1S/C34H39ClN2O5S/c1-4-6-12-18-42-33(41)28-27-19-22(3)34(43-27)29(28)31(39)37(24(21-38)20-23-13-8-7-9-14-23)30(34)32(40)36(17-5-2)26-16-11-10-15-25(26)35/h4-5,7-11,13-16,22,24,27-30,38H,1-2,6,12,17-21H2,3H3/t22?,24-,27-,28+,29+,30?,34?/m1/s1. The van der Waals surface area contributed by atoms with E-state index in [9.17, 15) is 19.5 Å². The van der Waals surface area contributed by atoms with E-state index in [1.165, 1.54) is 0 Å². The first kappa shape index (κ1) is 31.4. The molecule has 0 aromatic heterocycles. The van der Waals surface area contributed by atoms with Gasteiger partial charge in [0, 0.05) is 11.8 Å². The molecule has 0 radical (unpaired) electrons. The van der Waals surface area contributed by atoms with E-state index in [1.807, 2.05) is 36.4 Å². The number of hydrogen-bond acceptors (Lipinski definition) is 6. The molecule has 7 nitrogen and oxygen atoms in total. The Morgan fingerprint density at radius 1 is 1.19 bits per heavy atom. The quantitative estimate of drug-likeness (QED) is 0.185. The van der Waals surface area contributed by atoms with E-state index in [-0.39, 0.29) is 48.7 Å². The lowest BCUT2D eigenvalue weighted by atomic mass is 9.66. The van der Waals surface area contributed by atoms with Crippen LogP contribution in [0.3, 0.4) is 0 Å². The van der Waals surface area contributed by atoms with Gasteiger partial charge in [-0.05, 0) is 49.3 Å². The number of anilines is 1. The minimum absolute atomic E-state index is 0.0342. The molecule has 3 aliphatic rings. The highest BCUT2D eigenvalue weighted by atomic mass is 35.5. The largest absolute Gasteiger partial charge is 0.465 e. The summed E-state index contributed by atoms with van der Waals surface area (Å²) in [7, 11) is 0. The van der Waals surface area contributed by atoms with Crippen molar-refractivity contribution >= 4 is 46.8 Å². The third kappa shape index (κ3) is 5.54. The van der Waals surface area contributed by atoms with Crippen LogP contribution in [0.5, 0.6) is 0 Å². The number of carbonyl (C=O) groups excluding carboxylic acids is 3. The molecule has 3 fully saturated rings. The summed E-state index contributed by atoms with van der Waals surface area (Å²) in [6.07, 6.45) is 5.85. The van der Waals surface area contributed by atoms with E-state index >= 15 is 0 Å². The fourth-order valence-corrected chi connectivity index (χ4v) is 9.92. The Kier molecular flexibility index (Phi) is 9.69. The average molecular weight is 623 g/mol. The van der Waals surface area contributed by atoms with Crippen LogP contribution >= 0.6 is 23.4 Å². The number of allylic oxidation sites excluding steroid dienone is 1. The van der Waals surface area contributed by atoms with Gasteiger partial charge in [0.1, 0.15) is 6.04 Å². The lowest BCUT2D eigenvalue weighted by molar-refractivity contribution is -0.155. The van der Waals surface area contributed by atoms with E-state index < -0.39 is 28.7 Å². The van der Waals surface area contributed by atoms with Crippen LogP contribution in [-0.4, -0.2) is 69.6 Å². The smallest absolute Gasteiger partial charge is 0.310 e. The number of esters is 1. The number of aliphatic hydroxyl groups is 1. The number of halogens is 1. The second-order valence-electron chi connectivity index (χ2n) is 11.6. The number of unbranched alkanes of at least 4 members (excludes halogenated alkanes) is 1. The minimum Gasteiger partial charge on any atom is -0.465 e. The Morgan fingerprint density at radius 3 is 2.58 bits per heavy atom. The van der Waals surface area contributed by atoms with Crippen molar-refractivity contribution in [1.82, 2.24) is 4.90 Å². The van der Waals surface area contributed by atoms with Crippen molar-refractivity contribution in [3.8, 4) is 0 Å². The summed E-state index contributed by atoms with van der Waals surface area (Å²) < 4.78 is 4.84. The topological polar surface area (TPSA) is 87.1 Å². The molecule has 43 heavy (non-hydrogen) atoms. The highest BCUT2D eigenvalue weighted by Gasteiger charge is 2.77. The summed E-state index contributed by atoms with van der Waals surface area (Å²) in [6, 6.07) is 15.1. The van der Waals surface area contributed by atoms with Gasteiger partial charge in [-0.25, -0.2) is 0 Å². The second kappa shape index (κ2) is 13.3. The van der Waals surface area contributed by atoms with E-state index in [0.29, 0.717) is 30.0 Å². The molecule has 2 amide bonds. The van der Waals surface area contributed by atoms with Gasteiger partial charge in [0.15, 0.2) is 0 Å². The summed E-state index contributed by atoms with van der Waals surface area (Å²) >= 11 is 8.18. The van der Waals surface area contributed by atoms with Crippen molar-refractivity contribution in [2.75, 3.05) is 24.7 Å². The Labute approximate surface area is 262 Å². The summed E-state index contributed by atoms with van der Waals surface area (Å²) in [5, 5.41) is 11.0. The maximum Gasteiger partial charge on any atom is 0.310 e. The van der Waals surface area contributed by atoms with Crippen LogP contribution in [0.25, 0.3) is 0 Å². The maximum absolute atomic E-state index is 14.9. The SMILES string of the molecule is C=CCCCOC(=O)[C@@H]1[C@H]2C(=O)N([C@@H](CO)Cc3ccccc3)C(C(=O)N(CC=C)c3ccccc3Cl)C23S[C@@H]1CC3C. The Bertz CT molecular complexity index is 1370. The number of nitrogens with zero attached hydrogens (tertiary/aromatic N) is 2. The molecule has 1 N–H and O–H groups in total. The van der Waals surface area contributed by atoms with Crippen molar-refractivity contribution in [3.05, 3.63) is 90.5 Å². The first-order valence-electron chi connectivity index (χ1n) is 14.9. The van der Waals surface area contributed by atoms with E-state index in [4.69, 9.17) is 16.3 Å². The molecule has 5 rings (SSSR count). The van der Waals surface area contributed by atoms with Gasteiger partial charge in [-0.2, -0.15) is 0 Å². The molecular weight excluding hydrogens is 584 g/mol. The van der Waals surface area contributed by atoms with Crippen LogP contribution in [0.4, 0.5) is 5.69 Å². The van der Waals surface area contributed by atoms with Gasteiger partial charge in [-0.3, -0.25) is 14.4 Å². The predicted molar refractivity (Wildman–Crippen MR) is 171 cm³/mol. The lowest BCUT2D eigenvalue weighted by Crippen LogP contribution is -2.59. The van der Waals surface area contributed by atoms with Gasteiger partial charge < -0.3 is 19.6 Å². The molecule has 2 bridgehead atoms. The van der Waals surface area contributed by atoms with E-state index in [0.717, 1.165) is 12.0 Å². The minimum atomic E-state index is -0.925. The van der Waals surface area contributed by atoms with Gasteiger partial charge in [0.25, 0.3) is 5.91 Å². The number of likely N-dealkylation sites (tertiary alicyclic amines) is 1. The Hall–Kier alpha value is -3.07. The Morgan fingerprint density at radius 2 is 1.91 bits per heavy atom. The fourth-order valence-electron chi connectivity index (χ4n) is 7.29. The molecule has 2 aromatic carbocycles.